The van der Waals surface area contributed by atoms with Gasteiger partial charge < -0.3 is 20.5 Å². The van der Waals surface area contributed by atoms with Crippen molar-refractivity contribution in [1.29, 1.82) is 0 Å². The maximum atomic E-state index is 11.8. The van der Waals surface area contributed by atoms with Crippen molar-refractivity contribution in [3.63, 3.8) is 0 Å². The molecule has 1 unspecified atom stereocenters. The molecule has 29 heavy (non-hydrogen) atoms. The first-order chi connectivity index (χ1) is 13.7. The van der Waals surface area contributed by atoms with Crippen molar-refractivity contribution in [3.05, 3.63) is 30.6 Å². The van der Waals surface area contributed by atoms with E-state index in [0.717, 1.165) is 17.7 Å². The Morgan fingerprint density at radius 2 is 1.76 bits per heavy atom. The molecule has 3 N–H and O–H groups in total. The maximum Gasteiger partial charge on any atom is 0.408 e. The van der Waals surface area contributed by atoms with Gasteiger partial charge in [0.25, 0.3) is 0 Å². The number of nitrogens with one attached hydrogen (secondary N) is 2. The molecule has 2 aromatic rings. The highest BCUT2D eigenvalue weighted by Gasteiger charge is 2.23. The number of aromatic nitrogens is 4. The summed E-state index contributed by atoms with van der Waals surface area (Å²) in [7, 11) is 0. The van der Waals surface area contributed by atoms with E-state index in [9.17, 15) is 14.7 Å². The van der Waals surface area contributed by atoms with Crippen molar-refractivity contribution in [2.24, 2.45) is 0 Å². The van der Waals surface area contributed by atoms with Crippen LogP contribution in [0.5, 0.6) is 0 Å². The van der Waals surface area contributed by atoms with Gasteiger partial charge in [-0.2, -0.15) is 0 Å². The minimum atomic E-state index is -1.08. The highest BCUT2D eigenvalue weighted by molar-refractivity contribution is 5.79. The molecular weight excluding hydrogens is 376 g/mol. The van der Waals surface area contributed by atoms with Crippen LogP contribution in [0.3, 0.4) is 0 Å². The molecule has 1 atom stereocenters. The normalized spacial score (nSPS) is 12.1. The van der Waals surface area contributed by atoms with Crippen LogP contribution in [-0.2, 0) is 9.53 Å². The molecule has 2 rings (SSSR count). The number of rotatable bonds is 9. The van der Waals surface area contributed by atoms with Gasteiger partial charge in [0.2, 0.25) is 5.82 Å². The van der Waals surface area contributed by atoms with Gasteiger partial charge in [0.15, 0.2) is 6.33 Å². The van der Waals surface area contributed by atoms with Crippen molar-refractivity contribution in [1.82, 2.24) is 25.7 Å². The molecule has 10 heteroatoms. The number of benzene rings is 1. The zero-order valence-corrected chi connectivity index (χ0v) is 16.8. The molecule has 0 bridgehead atoms. The quantitative estimate of drug-likeness (QED) is 0.540. The van der Waals surface area contributed by atoms with Crippen LogP contribution in [0, 0.1) is 0 Å². The van der Waals surface area contributed by atoms with Crippen LogP contribution in [0.25, 0.3) is 11.4 Å². The average Bonchev–Trinajstić information content (AvgIpc) is 2.66. The number of nitrogens with zero attached hydrogens (tertiary/aromatic N) is 4. The lowest BCUT2D eigenvalue weighted by molar-refractivity contribution is -0.139. The number of carbonyl (C=O) groups is 2. The van der Waals surface area contributed by atoms with Crippen LogP contribution < -0.4 is 10.6 Å². The Bertz CT molecular complexity index is 793. The average molecular weight is 402 g/mol. The monoisotopic (exact) mass is 402 g/mol. The first kappa shape index (κ1) is 22.0. The van der Waals surface area contributed by atoms with Crippen molar-refractivity contribution in [2.75, 3.05) is 11.9 Å². The minimum absolute atomic E-state index is 0.320. The lowest BCUT2D eigenvalue weighted by Crippen LogP contribution is -2.43. The van der Waals surface area contributed by atoms with Crippen LogP contribution in [0.1, 0.15) is 40.0 Å². The highest BCUT2D eigenvalue weighted by atomic mass is 16.6. The van der Waals surface area contributed by atoms with E-state index in [1.165, 1.54) is 6.33 Å². The molecule has 0 spiro atoms. The molecule has 0 radical (unpaired) electrons. The molecule has 1 aromatic heterocycles. The maximum absolute atomic E-state index is 11.8. The number of anilines is 1. The largest absolute Gasteiger partial charge is 0.480 e. The third-order valence-corrected chi connectivity index (χ3v) is 3.79. The summed E-state index contributed by atoms with van der Waals surface area (Å²) >= 11 is 0. The van der Waals surface area contributed by atoms with Gasteiger partial charge in [-0.1, -0.05) is 0 Å². The summed E-state index contributed by atoms with van der Waals surface area (Å²) in [6.45, 7) is 5.84. The summed E-state index contributed by atoms with van der Waals surface area (Å²) < 4.78 is 5.10. The SMILES string of the molecule is CC(C)(C)OC(=O)NC(CCCCNc1ccc(-c2nncnn2)cc1)C(=O)O. The van der Waals surface area contributed by atoms with E-state index in [0.29, 0.717) is 25.2 Å². The van der Waals surface area contributed by atoms with Crippen LogP contribution in [0.15, 0.2) is 30.6 Å². The lowest BCUT2D eigenvalue weighted by atomic mass is 10.1. The van der Waals surface area contributed by atoms with Crippen molar-refractivity contribution in [2.45, 2.75) is 51.7 Å². The number of amides is 1. The molecule has 1 heterocycles. The summed E-state index contributed by atoms with van der Waals surface area (Å²) in [6, 6.07) is 6.56. The number of aliphatic carboxylic acids is 1. The zero-order chi connectivity index (χ0) is 21.3. The Morgan fingerprint density at radius 3 is 2.34 bits per heavy atom. The number of hydrogen-bond donors (Lipinski definition) is 3. The number of alkyl carbamates (subject to hydrolysis) is 1. The lowest BCUT2D eigenvalue weighted by Gasteiger charge is -2.22. The zero-order valence-electron chi connectivity index (χ0n) is 16.8. The van der Waals surface area contributed by atoms with Gasteiger partial charge in [0.1, 0.15) is 11.6 Å². The Morgan fingerprint density at radius 1 is 1.10 bits per heavy atom. The van der Waals surface area contributed by atoms with E-state index in [1.54, 1.807) is 20.8 Å². The predicted molar refractivity (Wildman–Crippen MR) is 106 cm³/mol. The molecule has 1 aromatic carbocycles. The molecule has 0 aliphatic rings. The molecule has 1 amide bonds. The fraction of sp³-hybridized carbons (Fsp3) is 0.474. The van der Waals surface area contributed by atoms with Gasteiger partial charge in [0, 0.05) is 17.8 Å². The van der Waals surface area contributed by atoms with Gasteiger partial charge in [-0.15, -0.1) is 20.4 Å². The second kappa shape index (κ2) is 10.3. The third-order valence-electron chi connectivity index (χ3n) is 3.79. The second-order valence-corrected chi connectivity index (χ2v) is 7.41. The molecule has 0 aliphatic heterocycles. The minimum Gasteiger partial charge on any atom is -0.480 e. The number of carbonyl (C=O) groups excluding carboxylic acids is 1. The summed E-state index contributed by atoms with van der Waals surface area (Å²) in [5.74, 6) is -0.622. The van der Waals surface area contributed by atoms with Gasteiger partial charge in [0.05, 0.1) is 0 Å². The number of carboxylic acid groups (broad SMARTS) is 1. The summed E-state index contributed by atoms with van der Waals surface area (Å²) in [6.07, 6.45) is 2.25. The fourth-order valence-corrected chi connectivity index (χ4v) is 2.47. The van der Waals surface area contributed by atoms with Gasteiger partial charge in [-0.25, -0.2) is 9.59 Å². The smallest absolute Gasteiger partial charge is 0.408 e. The number of carboxylic acids is 1. The Balaban J connectivity index is 1.72. The van der Waals surface area contributed by atoms with Crippen molar-refractivity contribution < 1.29 is 19.4 Å². The Kier molecular flexibility index (Phi) is 7.81. The molecule has 156 valence electrons. The van der Waals surface area contributed by atoms with Crippen LogP contribution in [0.2, 0.25) is 0 Å². The van der Waals surface area contributed by atoms with E-state index >= 15 is 0 Å². The topological polar surface area (TPSA) is 139 Å². The Hall–Kier alpha value is -3.30. The van der Waals surface area contributed by atoms with Gasteiger partial charge in [-0.3, -0.25) is 0 Å². The number of unbranched alkanes of at least 4 members (excludes halogenated alkanes) is 1. The Labute approximate surface area is 169 Å². The van der Waals surface area contributed by atoms with Crippen molar-refractivity contribution in [3.8, 4) is 11.4 Å². The van der Waals surface area contributed by atoms with Gasteiger partial charge in [-0.05, 0) is 64.3 Å². The van der Waals surface area contributed by atoms with E-state index in [2.05, 4.69) is 31.0 Å². The van der Waals surface area contributed by atoms with Gasteiger partial charge >= 0.3 is 12.1 Å². The van der Waals surface area contributed by atoms with E-state index in [4.69, 9.17) is 4.74 Å². The fourth-order valence-electron chi connectivity index (χ4n) is 2.47. The highest BCUT2D eigenvalue weighted by Crippen LogP contribution is 2.16. The third kappa shape index (κ3) is 8.08. The molecule has 0 aliphatic carbocycles. The number of ether oxygens (including phenoxy) is 1. The van der Waals surface area contributed by atoms with E-state index < -0.39 is 23.7 Å². The molecule has 10 nitrogen and oxygen atoms in total. The van der Waals surface area contributed by atoms with Crippen LogP contribution >= 0.6 is 0 Å². The summed E-state index contributed by atoms with van der Waals surface area (Å²) in [4.78, 5) is 23.1. The molecule has 0 fully saturated rings. The molecule has 0 saturated carbocycles. The van der Waals surface area contributed by atoms with Crippen LogP contribution in [0.4, 0.5) is 10.5 Å². The first-order valence-electron chi connectivity index (χ1n) is 9.31. The predicted octanol–water partition coefficient (Wildman–Crippen LogP) is 2.49. The summed E-state index contributed by atoms with van der Waals surface area (Å²) in [5, 5.41) is 30.1. The van der Waals surface area contributed by atoms with Crippen LogP contribution in [-0.4, -0.2) is 55.8 Å². The standard InChI is InChI=1S/C19H26N6O4/c1-19(2,3)29-18(28)23-15(17(26)27)6-4-5-11-20-14-9-7-13(8-10-14)16-24-21-12-22-25-16/h7-10,12,15,20H,4-6,11H2,1-3H3,(H,23,28)(H,26,27). The van der Waals surface area contributed by atoms with Crippen molar-refractivity contribution >= 4 is 17.7 Å². The summed E-state index contributed by atoms with van der Waals surface area (Å²) in [5.41, 5.74) is 1.06. The second-order valence-electron chi connectivity index (χ2n) is 7.41. The van der Waals surface area contributed by atoms with E-state index in [-0.39, 0.29) is 0 Å². The van der Waals surface area contributed by atoms with E-state index in [1.807, 2.05) is 24.3 Å². The number of hydrogen-bond acceptors (Lipinski definition) is 8. The first-order valence-corrected chi connectivity index (χ1v) is 9.31. The molecular formula is C19H26N6O4. The molecule has 0 saturated heterocycles.